The van der Waals surface area contributed by atoms with Crippen molar-refractivity contribution in [2.75, 3.05) is 13.7 Å². The molecule has 0 N–H and O–H groups in total. The minimum atomic E-state index is 0.0482. The summed E-state index contributed by atoms with van der Waals surface area (Å²) in [6, 6.07) is 4.32. The highest BCUT2D eigenvalue weighted by Gasteiger charge is 2.20. The van der Waals surface area contributed by atoms with Crippen molar-refractivity contribution in [3.8, 4) is 5.75 Å². The SMILES string of the molecule is COC(C)COc1cc2c(cc1Cl)C=NC(C(C)C)C2. The zero-order valence-corrected chi connectivity index (χ0v) is 13.3. The van der Waals surface area contributed by atoms with Crippen molar-refractivity contribution < 1.29 is 9.47 Å². The molecular formula is C16H22ClNO2. The first-order valence-corrected chi connectivity index (χ1v) is 7.40. The molecule has 0 saturated heterocycles. The van der Waals surface area contributed by atoms with Crippen LogP contribution in [0.1, 0.15) is 31.9 Å². The van der Waals surface area contributed by atoms with Crippen LogP contribution in [0.25, 0.3) is 0 Å². The summed E-state index contributed by atoms with van der Waals surface area (Å²) in [6.45, 7) is 6.85. The number of halogens is 1. The maximum absolute atomic E-state index is 6.26. The number of rotatable bonds is 5. The van der Waals surface area contributed by atoms with Crippen LogP contribution in [0, 0.1) is 5.92 Å². The largest absolute Gasteiger partial charge is 0.489 e. The summed E-state index contributed by atoms with van der Waals surface area (Å²) in [4.78, 5) is 4.58. The van der Waals surface area contributed by atoms with Gasteiger partial charge in [-0.05, 0) is 42.5 Å². The lowest BCUT2D eigenvalue weighted by Gasteiger charge is -2.23. The Morgan fingerprint density at radius 3 is 2.75 bits per heavy atom. The van der Waals surface area contributed by atoms with Gasteiger partial charge >= 0.3 is 0 Å². The summed E-state index contributed by atoms with van der Waals surface area (Å²) in [5.74, 6) is 1.26. The van der Waals surface area contributed by atoms with E-state index in [1.54, 1.807) is 7.11 Å². The molecule has 20 heavy (non-hydrogen) atoms. The Hall–Kier alpha value is -1.06. The van der Waals surface area contributed by atoms with Crippen LogP contribution in [0.4, 0.5) is 0 Å². The molecule has 0 saturated carbocycles. The van der Waals surface area contributed by atoms with Crippen molar-refractivity contribution in [3.05, 3.63) is 28.3 Å². The molecule has 0 amide bonds. The van der Waals surface area contributed by atoms with Crippen molar-refractivity contribution in [3.63, 3.8) is 0 Å². The number of benzene rings is 1. The standard InChI is InChI=1S/C16H22ClNO2/c1-10(2)15-6-12-7-16(20-9-11(3)19-4)14(17)5-13(12)8-18-15/h5,7-8,10-11,15H,6,9H2,1-4H3. The smallest absolute Gasteiger partial charge is 0.138 e. The summed E-state index contributed by atoms with van der Waals surface area (Å²) in [7, 11) is 1.67. The average molecular weight is 296 g/mol. The Morgan fingerprint density at radius 1 is 1.35 bits per heavy atom. The summed E-state index contributed by atoms with van der Waals surface area (Å²) in [5.41, 5.74) is 2.35. The highest BCUT2D eigenvalue weighted by atomic mass is 35.5. The Kier molecular flexibility index (Phi) is 5.06. The van der Waals surface area contributed by atoms with Gasteiger partial charge in [0.15, 0.2) is 0 Å². The fourth-order valence-corrected chi connectivity index (χ4v) is 2.38. The van der Waals surface area contributed by atoms with E-state index in [0.29, 0.717) is 23.6 Å². The second-order valence-corrected chi connectivity index (χ2v) is 6.04. The predicted octanol–water partition coefficient (Wildman–Crippen LogP) is 3.75. The van der Waals surface area contributed by atoms with Crippen molar-refractivity contribution >= 4 is 17.8 Å². The third-order valence-electron chi connectivity index (χ3n) is 3.67. The summed E-state index contributed by atoms with van der Waals surface area (Å²) < 4.78 is 10.9. The van der Waals surface area contributed by atoms with E-state index < -0.39 is 0 Å². The number of hydrogen-bond donors (Lipinski definition) is 0. The van der Waals surface area contributed by atoms with E-state index in [0.717, 1.165) is 17.7 Å². The molecule has 2 unspecified atom stereocenters. The van der Waals surface area contributed by atoms with Crippen LogP contribution in [-0.4, -0.2) is 32.1 Å². The average Bonchev–Trinajstić information content (AvgIpc) is 2.44. The summed E-state index contributed by atoms with van der Waals surface area (Å²) >= 11 is 6.26. The van der Waals surface area contributed by atoms with Gasteiger partial charge in [-0.15, -0.1) is 0 Å². The topological polar surface area (TPSA) is 30.8 Å². The van der Waals surface area contributed by atoms with Gasteiger partial charge in [0.25, 0.3) is 0 Å². The molecule has 0 radical (unpaired) electrons. The molecule has 0 bridgehead atoms. The van der Waals surface area contributed by atoms with E-state index in [1.165, 1.54) is 5.56 Å². The Morgan fingerprint density at radius 2 is 2.10 bits per heavy atom. The Labute approximate surface area is 126 Å². The maximum atomic E-state index is 6.26. The fraction of sp³-hybridized carbons (Fsp3) is 0.562. The number of methoxy groups -OCH3 is 1. The number of nitrogens with zero attached hydrogens (tertiary/aromatic N) is 1. The van der Waals surface area contributed by atoms with Gasteiger partial charge < -0.3 is 9.47 Å². The van der Waals surface area contributed by atoms with E-state index in [9.17, 15) is 0 Å². The Bertz CT molecular complexity index is 499. The first kappa shape index (κ1) is 15.3. The van der Waals surface area contributed by atoms with Gasteiger partial charge in [-0.2, -0.15) is 0 Å². The number of fused-ring (bicyclic) bond motifs is 1. The molecule has 2 atom stereocenters. The van der Waals surface area contributed by atoms with Crippen LogP contribution in [0.2, 0.25) is 5.02 Å². The van der Waals surface area contributed by atoms with Crippen LogP contribution >= 0.6 is 11.6 Å². The molecule has 0 aromatic heterocycles. The van der Waals surface area contributed by atoms with Crippen LogP contribution in [0.15, 0.2) is 17.1 Å². The van der Waals surface area contributed by atoms with Crippen LogP contribution in [0.5, 0.6) is 5.75 Å². The molecule has 1 heterocycles. The van der Waals surface area contributed by atoms with E-state index in [2.05, 4.69) is 18.8 Å². The lowest BCUT2D eigenvalue weighted by molar-refractivity contribution is 0.0717. The molecule has 1 aliphatic rings. The number of aliphatic imine (C=N–C) groups is 1. The molecule has 1 aromatic rings. The minimum absolute atomic E-state index is 0.0482. The van der Waals surface area contributed by atoms with E-state index in [4.69, 9.17) is 21.1 Å². The zero-order chi connectivity index (χ0) is 14.7. The lowest BCUT2D eigenvalue weighted by atomic mass is 9.92. The third kappa shape index (κ3) is 3.53. The van der Waals surface area contributed by atoms with Gasteiger partial charge in [0, 0.05) is 13.3 Å². The van der Waals surface area contributed by atoms with Crippen molar-refractivity contribution in [1.29, 1.82) is 0 Å². The number of hydrogen-bond acceptors (Lipinski definition) is 3. The molecule has 0 aliphatic carbocycles. The first-order chi connectivity index (χ1) is 9.51. The minimum Gasteiger partial charge on any atom is -0.489 e. The van der Waals surface area contributed by atoms with Gasteiger partial charge in [-0.3, -0.25) is 4.99 Å². The maximum Gasteiger partial charge on any atom is 0.138 e. The van der Waals surface area contributed by atoms with Gasteiger partial charge in [-0.1, -0.05) is 25.4 Å². The van der Waals surface area contributed by atoms with Crippen LogP contribution in [0.3, 0.4) is 0 Å². The van der Waals surface area contributed by atoms with E-state index >= 15 is 0 Å². The second kappa shape index (κ2) is 6.59. The monoisotopic (exact) mass is 295 g/mol. The molecule has 0 spiro atoms. The fourth-order valence-electron chi connectivity index (χ4n) is 2.16. The van der Waals surface area contributed by atoms with Gasteiger partial charge in [-0.25, -0.2) is 0 Å². The highest BCUT2D eigenvalue weighted by Crippen LogP contribution is 2.31. The van der Waals surface area contributed by atoms with Crippen molar-refractivity contribution in [2.24, 2.45) is 10.9 Å². The van der Waals surface area contributed by atoms with Gasteiger partial charge in [0.2, 0.25) is 0 Å². The zero-order valence-electron chi connectivity index (χ0n) is 12.5. The molecule has 1 aromatic carbocycles. The highest BCUT2D eigenvalue weighted by molar-refractivity contribution is 6.32. The molecule has 3 nitrogen and oxygen atoms in total. The second-order valence-electron chi connectivity index (χ2n) is 5.63. The quantitative estimate of drug-likeness (QED) is 0.828. The molecule has 1 aliphatic heterocycles. The van der Waals surface area contributed by atoms with Crippen molar-refractivity contribution in [1.82, 2.24) is 0 Å². The van der Waals surface area contributed by atoms with Gasteiger partial charge in [0.1, 0.15) is 12.4 Å². The van der Waals surface area contributed by atoms with E-state index in [1.807, 2.05) is 25.3 Å². The normalized spacial score (nSPS) is 19.0. The van der Waals surface area contributed by atoms with Crippen molar-refractivity contribution in [2.45, 2.75) is 39.3 Å². The third-order valence-corrected chi connectivity index (χ3v) is 3.97. The molecule has 4 heteroatoms. The van der Waals surface area contributed by atoms with Gasteiger partial charge in [0.05, 0.1) is 17.2 Å². The predicted molar refractivity (Wildman–Crippen MR) is 83.3 cm³/mol. The Balaban J connectivity index is 2.17. The molecule has 0 fully saturated rings. The molecular weight excluding hydrogens is 274 g/mol. The molecule has 110 valence electrons. The van der Waals surface area contributed by atoms with Crippen LogP contribution in [-0.2, 0) is 11.2 Å². The summed E-state index contributed by atoms with van der Waals surface area (Å²) in [6.07, 6.45) is 2.92. The molecule has 2 rings (SSSR count). The number of ether oxygens (including phenoxy) is 2. The van der Waals surface area contributed by atoms with E-state index in [-0.39, 0.29) is 6.10 Å². The summed E-state index contributed by atoms with van der Waals surface area (Å²) in [5, 5.41) is 0.626. The first-order valence-electron chi connectivity index (χ1n) is 7.02. The van der Waals surface area contributed by atoms with Crippen LogP contribution < -0.4 is 4.74 Å². The lowest BCUT2D eigenvalue weighted by Crippen LogP contribution is -2.21.